The molecule has 49 heavy (non-hydrogen) atoms. The highest BCUT2D eigenvalue weighted by atomic mass is 14.3. The summed E-state index contributed by atoms with van der Waals surface area (Å²) in [5, 5.41) is 0. The second-order valence-electron chi connectivity index (χ2n) is 14.7. The zero-order valence-corrected chi connectivity index (χ0v) is 30.7. The van der Waals surface area contributed by atoms with Crippen molar-refractivity contribution >= 4 is 0 Å². The molecule has 0 saturated heterocycles. The molecule has 0 aromatic heterocycles. The van der Waals surface area contributed by atoms with Crippen LogP contribution in [0.25, 0.3) is 0 Å². The summed E-state index contributed by atoms with van der Waals surface area (Å²) in [4.78, 5) is 0. The van der Waals surface area contributed by atoms with Gasteiger partial charge in [-0.3, -0.25) is 0 Å². The van der Waals surface area contributed by atoms with Crippen molar-refractivity contribution in [2.24, 2.45) is 0 Å². The summed E-state index contributed by atoms with van der Waals surface area (Å²) >= 11 is 0. The summed E-state index contributed by atoms with van der Waals surface area (Å²) in [6, 6.07) is 54.1. The van der Waals surface area contributed by atoms with E-state index in [2.05, 4.69) is 201 Å². The second kappa shape index (κ2) is 14.4. The Morgan fingerprint density at radius 3 is 0.755 bits per heavy atom. The number of benzene rings is 6. The van der Waals surface area contributed by atoms with Crippen LogP contribution >= 0.6 is 0 Å². The predicted molar refractivity (Wildman–Crippen MR) is 210 cm³/mol. The Labute approximate surface area is 295 Å². The van der Waals surface area contributed by atoms with Gasteiger partial charge in [0.15, 0.2) is 0 Å². The summed E-state index contributed by atoms with van der Waals surface area (Å²) in [7, 11) is 0. The van der Waals surface area contributed by atoms with E-state index in [0.717, 1.165) is 0 Å². The van der Waals surface area contributed by atoms with Gasteiger partial charge < -0.3 is 0 Å². The van der Waals surface area contributed by atoms with Crippen LogP contribution in [0.1, 0.15) is 132 Å². The molecule has 0 heteroatoms. The van der Waals surface area contributed by atoms with Crippen molar-refractivity contribution in [3.8, 4) is 0 Å². The molecule has 0 fully saturated rings. The van der Waals surface area contributed by atoms with Gasteiger partial charge in [-0.2, -0.15) is 0 Å². The third-order valence-electron chi connectivity index (χ3n) is 11.5. The molecule has 4 atom stereocenters. The van der Waals surface area contributed by atoms with Gasteiger partial charge in [0.25, 0.3) is 0 Å². The average molecular weight is 641 g/mol. The van der Waals surface area contributed by atoms with Gasteiger partial charge in [0, 0.05) is 29.1 Å². The molecule has 0 bridgehead atoms. The largest absolute Gasteiger partial charge is 0.0622 e. The minimum absolute atomic E-state index is 0.242. The highest BCUT2D eigenvalue weighted by Crippen LogP contribution is 2.43. The maximum Gasteiger partial charge on any atom is 0.0146 e. The molecule has 6 aromatic rings. The van der Waals surface area contributed by atoms with Gasteiger partial charge in [-0.1, -0.05) is 187 Å². The van der Waals surface area contributed by atoms with Gasteiger partial charge in [0.05, 0.1) is 0 Å². The van der Waals surface area contributed by atoms with E-state index < -0.39 is 0 Å². The van der Waals surface area contributed by atoms with E-state index in [4.69, 9.17) is 0 Å². The highest BCUT2D eigenvalue weighted by molar-refractivity contribution is 5.55. The zero-order chi connectivity index (χ0) is 34.7. The summed E-state index contributed by atoms with van der Waals surface area (Å²) < 4.78 is 0. The van der Waals surface area contributed by atoms with E-state index in [1.165, 1.54) is 66.8 Å². The van der Waals surface area contributed by atoms with Gasteiger partial charge in [-0.15, -0.1) is 0 Å². The van der Waals surface area contributed by atoms with E-state index in [0.29, 0.717) is 0 Å². The summed E-state index contributed by atoms with van der Waals surface area (Å²) in [5.74, 6) is 1.11. The maximum absolute atomic E-state index is 2.52. The topological polar surface area (TPSA) is 0 Å². The van der Waals surface area contributed by atoms with Crippen LogP contribution in [0, 0.1) is 13.8 Å². The fourth-order valence-electron chi connectivity index (χ4n) is 7.89. The lowest BCUT2D eigenvalue weighted by Crippen LogP contribution is -2.22. The Hall–Kier alpha value is -4.68. The van der Waals surface area contributed by atoms with Crippen LogP contribution < -0.4 is 0 Å². The highest BCUT2D eigenvalue weighted by Gasteiger charge is 2.30. The normalized spacial score (nSPS) is 14.2. The fraction of sp³-hybridized carbons (Fsp3) is 0.265. The molecule has 248 valence electrons. The maximum atomic E-state index is 2.52. The molecule has 0 nitrogen and oxygen atoms in total. The Bertz CT molecular complexity index is 1700. The molecular formula is C49H52. The number of hydrogen-bond donors (Lipinski definition) is 0. The minimum Gasteiger partial charge on any atom is -0.0622 e. The van der Waals surface area contributed by atoms with Crippen molar-refractivity contribution in [1.82, 2.24) is 0 Å². The standard InChI is InChI=1S/C49H52/c1-33(39-21-13-9-14-22-39)45-29-43(30-46(37(45)5)34(2)40-23-15-10-16-24-40)49(7,8)44-31-47(35(3)41-25-17-11-18-26-41)38(6)48(32-44)36(4)42-27-19-12-20-28-42/h9-36H,1-8H3. The molecule has 0 aliphatic rings. The van der Waals surface area contributed by atoms with Crippen LogP contribution in [-0.2, 0) is 5.41 Å². The van der Waals surface area contributed by atoms with Crippen LogP contribution in [0.5, 0.6) is 0 Å². The molecule has 0 N–H and O–H groups in total. The van der Waals surface area contributed by atoms with E-state index in [1.54, 1.807) is 0 Å². The molecule has 6 aromatic carbocycles. The SMILES string of the molecule is Cc1c(C(C)c2ccccc2)cc(C(C)(C)c2cc(C(C)c3ccccc3)c(C)c(C(C)c3ccccc3)c2)cc1C(C)c1ccccc1. The Morgan fingerprint density at radius 2 is 0.551 bits per heavy atom. The number of rotatable bonds is 10. The van der Waals surface area contributed by atoms with E-state index in [9.17, 15) is 0 Å². The van der Waals surface area contributed by atoms with Crippen LogP contribution in [-0.4, -0.2) is 0 Å². The monoisotopic (exact) mass is 640 g/mol. The van der Waals surface area contributed by atoms with Crippen LogP contribution in [0.15, 0.2) is 146 Å². The lowest BCUT2D eigenvalue weighted by molar-refractivity contribution is 0.631. The minimum atomic E-state index is -0.242. The lowest BCUT2D eigenvalue weighted by Gasteiger charge is -2.33. The summed E-state index contributed by atoms with van der Waals surface area (Å²) in [6.45, 7) is 19.0. The predicted octanol–water partition coefficient (Wildman–Crippen LogP) is 13.2. The van der Waals surface area contributed by atoms with Crippen molar-refractivity contribution in [3.63, 3.8) is 0 Å². The number of hydrogen-bond acceptors (Lipinski definition) is 0. The molecule has 0 amide bonds. The van der Waals surface area contributed by atoms with Crippen LogP contribution in [0.3, 0.4) is 0 Å². The van der Waals surface area contributed by atoms with E-state index >= 15 is 0 Å². The molecule has 0 aliphatic heterocycles. The molecule has 0 aliphatic carbocycles. The van der Waals surface area contributed by atoms with Gasteiger partial charge in [-0.05, 0) is 80.6 Å². The molecule has 6 rings (SSSR count). The molecule has 0 saturated carbocycles. The molecule has 0 spiro atoms. The average Bonchev–Trinajstić information content (AvgIpc) is 3.15. The second-order valence-corrected chi connectivity index (χ2v) is 14.7. The summed E-state index contributed by atoms with van der Waals surface area (Å²) in [6.07, 6.45) is 0. The molecule has 0 radical (unpaired) electrons. The first-order valence-corrected chi connectivity index (χ1v) is 18.1. The Balaban J connectivity index is 1.56. The van der Waals surface area contributed by atoms with Crippen molar-refractivity contribution < 1.29 is 0 Å². The van der Waals surface area contributed by atoms with E-state index in [1.807, 2.05) is 0 Å². The van der Waals surface area contributed by atoms with Crippen molar-refractivity contribution in [2.45, 2.75) is 84.5 Å². The molecule has 4 unspecified atom stereocenters. The molecule has 0 heterocycles. The van der Waals surface area contributed by atoms with Crippen molar-refractivity contribution in [3.05, 3.63) is 212 Å². The third-order valence-corrected chi connectivity index (χ3v) is 11.5. The van der Waals surface area contributed by atoms with Gasteiger partial charge in [0.1, 0.15) is 0 Å². The first kappa shape index (κ1) is 34.2. The third kappa shape index (κ3) is 6.93. The first-order chi connectivity index (χ1) is 23.6. The fourth-order valence-corrected chi connectivity index (χ4v) is 7.89. The van der Waals surface area contributed by atoms with Gasteiger partial charge in [0.2, 0.25) is 0 Å². The van der Waals surface area contributed by atoms with Crippen LogP contribution in [0.2, 0.25) is 0 Å². The first-order valence-electron chi connectivity index (χ1n) is 18.1. The van der Waals surface area contributed by atoms with Crippen molar-refractivity contribution in [1.29, 1.82) is 0 Å². The quantitative estimate of drug-likeness (QED) is 0.140. The molecular weight excluding hydrogens is 589 g/mol. The van der Waals surface area contributed by atoms with Crippen molar-refractivity contribution in [2.75, 3.05) is 0 Å². The van der Waals surface area contributed by atoms with E-state index in [-0.39, 0.29) is 29.1 Å². The zero-order valence-electron chi connectivity index (χ0n) is 30.7. The summed E-state index contributed by atoms with van der Waals surface area (Å²) in [5.41, 5.74) is 16.4. The Kier molecular flexibility index (Phi) is 10.1. The van der Waals surface area contributed by atoms with Crippen LogP contribution in [0.4, 0.5) is 0 Å². The van der Waals surface area contributed by atoms with Gasteiger partial charge >= 0.3 is 0 Å². The Morgan fingerprint density at radius 1 is 0.347 bits per heavy atom. The smallest absolute Gasteiger partial charge is 0.0146 e. The lowest BCUT2D eigenvalue weighted by atomic mass is 9.71. The van der Waals surface area contributed by atoms with Gasteiger partial charge in [-0.25, -0.2) is 0 Å².